The molecule has 2 aromatic rings. The maximum absolute atomic E-state index is 12.1. The number of nitrogens with zero attached hydrogens (tertiary/aromatic N) is 3. The molecule has 0 aromatic carbocycles. The third-order valence-corrected chi connectivity index (χ3v) is 4.29. The fourth-order valence-corrected chi connectivity index (χ4v) is 3.05. The number of hydrazone groups is 1. The molecule has 0 bridgehead atoms. The summed E-state index contributed by atoms with van der Waals surface area (Å²) >= 11 is 0. The number of nitrogens with one attached hydrogen (secondary N) is 2. The second kappa shape index (κ2) is 6.84. The van der Waals surface area contributed by atoms with Gasteiger partial charge in [0.05, 0.1) is 11.9 Å². The Labute approximate surface area is 135 Å². The van der Waals surface area contributed by atoms with Gasteiger partial charge in [-0.3, -0.25) is 10.4 Å². The molecule has 2 aromatic heterocycles. The van der Waals surface area contributed by atoms with Crippen molar-refractivity contribution in [3.63, 3.8) is 0 Å². The van der Waals surface area contributed by atoms with Crippen LogP contribution in [0.25, 0.3) is 0 Å². The maximum atomic E-state index is 12.1. The van der Waals surface area contributed by atoms with Crippen LogP contribution in [0.5, 0.6) is 0 Å². The van der Waals surface area contributed by atoms with Crippen molar-refractivity contribution >= 4 is 22.1 Å². The molecule has 0 spiro atoms. The van der Waals surface area contributed by atoms with Gasteiger partial charge in [-0.25, -0.2) is 18.1 Å². The molecule has 0 radical (unpaired) electrons. The van der Waals surface area contributed by atoms with Crippen molar-refractivity contribution in [3.05, 3.63) is 48.4 Å². The first-order valence-electron chi connectivity index (χ1n) is 6.96. The summed E-state index contributed by atoms with van der Waals surface area (Å²) < 4.78 is 26.9. The fraction of sp³-hybridized carbons (Fsp3) is 0.267. The molecule has 0 saturated heterocycles. The van der Waals surface area contributed by atoms with Crippen molar-refractivity contribution in [1.82, 2.24) is 14.7 Å². The molecular weight excluding hydrogens is 314 g/mol. The molecule has 0 unspecified atom stereocenters. The summed E-state index contributed by atoms with van der Waals surface area (Å²) in [6.45, 7) is 5.33. The average Bonchev–Trinajstić information content (AvgIpc) is 2.46. The van der Waals surface area contributed by atoms with Crippen LogP contribution >= 0.6 is 0 Å². The highest BCUT2D eigenvalue weighted by atomic mass is 32.2. The topological polar surface area (TPSA) is 96.3 Å². The zero-order valence-electron chi connectivity index (χ0n) is 13.2. The van der Waals surface area contributed by atoms with Crippen molar-refractivity contribution in [2.24, 2.45) is 5.10 Å². The van der Waals surface area contributed by atoms with Gasteiger partial charge in [0.25, 0.3) is 0 Å². The van der Waals surface area contributed by atoms with Crippen LogP contribution in [0.2, 0.25) is 0 Å². The molecule has 0 aliphatic carbocycles. The summed E-state index contributed by atoms with van der Waals surface area (Å²) in [4.78, 5) is 8.24. The lowest BCUT2D eigenvalue weighted by atomic mass is 10.1. The predicted octanol–water partition coefficient (Wildman–Crippen LogP) is 2.00. The van der Waals surface area contributed by atoms with Crippen LogP contribution in [0.15, 0.2) is 52.7 Å². The summed E-state index contributed by atoms with van der Waals surface area (Å²) in [6.07, 6.45) is 4.50. The van der Waals surface area contributed by atoms with E-state index in [1.807, 2.05) is 18.2 Å². The molecule has 0 aliphatic heterocycles. The van der Waals surface area contributed by atoms with E-state index in [1.54, 1.807) is 39.2 Å². The molecule has 0 atom stereocenters. The van der Waals surface area contributed by atoms with E-state index in [-0.39, 0.29) is 4.90 Å². The van der Waals surface area contributed by atoms with Crippen molar-refractivity contribution in [2.75, 3.05) is 5.43 Å². The molecule has 8 heteroatoms. The Balaban J connectivity index is 2.04. The van der Waals surface area contributed by atoms with Gasteiger partial charge in [0.1, 0.15) is 10.7 Å². The van der Waals surface area contributed by atoms with Crippen LogP contribution in [0.3, 0.4) is 0 Å². The molecule has 122 valence electrons. The maximum Gasteiger partial charge on any atom is 0.242 e. The van der Waals surface area contributed by atoms with E-state index in [9.17, 15) is 8.42 Å². The lowest BCUT2D eigenvalue weighted by Gasteiger charge is -2.20. The lowest BCUT2D eigenvalue weighted by molar-refractivity contribution is 0.491. The van der Waals surface area contributed by atoms with Crippen molar-refractivity contribution in [2.45, 2.75) is 31.2 Å². The zero-order valence-corrected chi connectivity index (χ0v) is 14.0. The van der Waals surface area contributed by atoms with Crippen LogP contribution in [-0.2, 0) is 10.0 Å². The first-order valence-corrected chi connectivity index (χ1v) is 8.45. The predicted molar refractivity (Wildman–Crippen MR) is 89.8 cm³/mol. The van der Waals surface area contributed by atoms with Crippen LogP contribution in [0.1, 0.15) is 26.5 Å². The Morgan fingerprint density at radius 1 is 1.13 bits per heavy atom. The normalized spacial score (nSPS) is 12.5. The summed E-state index contributed by atoms with van der Waals surface area (Å²) in [7, 11) is -3.59. The molecule has 0 saturated carbocycles. The number of hydrogen-bond donors (Lipinski definition) is 2. The standard InChI is InChI=1S/C15H19N5O2S/c1-15(2,3)20-23(21,22)13-7-8-14(17-11-13)19-18-10-12-6-4-5-9-16-12/h4-11,20H,1-3H3,(H,17,19)/b18-10+. The van der Waals surface area contributed by atoms with Crippen LogP contribution < -0.4 is 10.1 Å². The fourth-order valence-electron chi connectivity index (χ4n) is 1.68. The highest BCUT2D eigenvalue weighted by molar-refractivity contribution is 7.89. The van der Waals surface area contributed by atoms with Gasteiger partial charge in [-0.1, -0.05) is 6.07 Å². The average molecular weight is 333 g/mol. The summed E-state index contributed by atoms with van der Waals surface area (Å²) in [5.74, 6) is 0.437. The van der Waals surface area contributed by atoms with Gasteiger partial charge in [0.15, 0.2) is 0 Å². The van der Waals surface area contributed by atoms with Gasteiger partial charge in [-0.15, -0.1) is 0 Å². The molecule has 0 fully saturated rings. The van der Waals surface area contributed by atoms with E-state index in [4.69, 9.17) is 0 Å². The molecule has 2 rings (SSSR count). The molecule has 2 heterocycles. The van der Waals surface area contributed by atoms with Crippen molar-refractivity contribution in [1.29, 1.82) is 0 Å². The number of rotatable bonds is 5. The van der Waals surface area contributed by atoms with E-state index in [2.05, 4.69) is 25.2 Å². The van der Waals surface area contributed by atoms with Crippen LogP contribution in [-0.4, -0.2) is 30.1 Å². The third-order valence-electron chi connectivity index (χ3n) is 2.55. The number of pyridine rings is 2. The minimum Gasteiger partial charge on any atom is -0.261 e. The zero-order chi connectivity index (χ0) is 16.9. The summed E-state index contributed by atoms with van der Waals surface area (Å²) in [5, 5.41) is 4.00. The third kappa shape index (κ3) is 5.42. The summed E-state index contributed by atoms with van der Waals surface area (Å²) in [5.41, 5.74) is 2.87. The SMILES string of the molecule is CC(C)(C)NS(=O)(=O)c1ccc(N/N=C/c2ccccn2)nc1. The van der Waals surface area contributed by atoms with E-state index >= 15 is 0 Å². The Morgan fingerprint density at radius 3 is 2.48 bits per heavy atom. The second-order valence-corrected chi connectivity index (χ2v) is 7.54. The van der Waals surface area contributed by atoms with Gasteiger partial charge in [0.2, 0.25) is 10.0 Å². The minimum absolute atomic E-state index is 0.103. The van der Waals surface area contributed by atoms with E-state index < -0.39 is 15.6 Å². The Bertz CT molecular complexity index is 766. The Kier molecular flexibility index (Phi) is 5.07. The number of aromatic nitrogens is 2. The Hall–Kier alpha value is -2.32. The molecule has 7 nitrogen and oxygen atoms in total. The first kappa shape index (κ1) is 17.0. The van der Waals surface area contributed by atoms with Gasteiger partial charge >= 0.3 is 0 Å². The monoisotopic (exact) mass is 333 g/mol. The minimum atomic E-state index is -3.59. The smallest absolute Gasteiger partial charge is 0.242 e. The lowest BCUT2D eigenvalue weighted by Crippen LogP contribution is -2.40. The van der Waals surface area contributed by atoms with Gasteiger partial charge in [-0.2, -0.15) is 5.10 Å². The second-order valence-electron chi connectivity index (χ2n) is 5.86. The van der Waals surface area contributed by atoms with E-state index in [1.165, 1.54) is 12.3 Å². The number of hydrogen-bond acceptors (Lipinski definition) is 6. The number of anilines is 1. The van der Waals surface area contributed by atoms with E-state index in [0.29, 0.717) is 11.5 Å². The molecule has 23 heavy (non-hydrogen) atoms. The van der Waals surface area contributed by atoms with Crippen molar-refractivity contribution < 1.29 is 8.42 Å². The Morgan fingerprint density at radius 2 is 1.91 bits per heavy atom. The van der Waals surface area contributed by atoms with Gasteiger partial charge < -0.3 is 0 Å². The molecular formula is C15H19N5O2S. The quantitative estimate of drug-likeness (QED) is 0.644. The largest absolute Gasteiger partial charge is 0.261 e. The van der Waals surface area contributed by atoms with Crippen LogP contribution in [0, 0.1) is 0 Å². The van der Waals surface area contributed by atoms with E-state index in [0.717, 1.165) is 0 Å². The van der Waals surface area contributed by atoms with Crippen molar-refractivity contribution in [3.8, 4) is 0 Å². The van der Waals surface area contributed by atoms with Gasteiger partial charge in [-0.05, 0) is 45.0 Å². The number of sulfonamides is 1. The van der Waals surface area contributed by atoms with Gasteiger partial charge in [0, 0.05) is 17.9 Å². The molecule has 2 N–H and O–H groups in total. The highest BCUT2D eigenvalue weighted by Gasteiger charge is 2.22. The first-order chi connectivity index (χ1) is 10.8. The highest BCUT2D eigenvalue weighted by Crippen LogP contribution is 2.13. The summed E-state index contributed by atoms with van der Waals surface area (Å²) in [6, 6.07) is 8.50. The van der Waals surface area contributed by atoms with Crippen LogP contribution in [0.4, 0.5) is 5.82 Å². The molecule has 0 aliphatic rings. The molecule has 0 amide bonds.